The highest BCUT2D eigenvalue weighted by Gasteiger charge is 1.99. The lowest BCUT2D eigenvalue weighted by Gasteiger charge is -2.04. The highest BCUT2D eigenvalue weighted by molar-refractivity contribution is 5.38. The van der Waals surface area contributed by atoms with Crippen LogP contribution in [0.3, 0.4) is 0 Å². The van der Waals surface area contributed by atoms with E-state index in [0.717, 1.165) is 5.56 Å². The van der Waals surface area contributed by atoms with Crippen LogP contribution >= 0.6 is 0 Å². The lowest BCUT2D eigenvalue weighted by Crippen LogP contribution is -2.28. The Kier molecular flexibility index (Phi) is 2.95. The fourth-order valence-electron chi connectivity index (χ4n) is 1.43. The Labute approximate surface area is 95.5 Å². The van der Waals surface area contributed by atoms with Gasteiger partial charge in [-0.2, -0.15) is 0 Å². The Balaban J connectivity index is 2.28. The number of nitrogens with one attached hydrogen (secondary N) is 1. The lowest BCUT2D eigenvalue weighted by molar-refractivity contribution is 0.720. The molecule has 1 N–H and O–H groups in total. The number of benzene rings is 1. The van der Waals surface area contributed by atoms with Crippen molar-refractivity contribution in [2.24, 2.45) is 5.18 Å². The first-order valence-corrected chi connectivity index (χ1v) is 4.91. The van der Waals surface area contributed by atoms with Gasteiger partial charge in [0, 0.05) is 12.3 Å². The largest absolute Gasteiger partial charge is 0.328 e. The van der Waals surface area contributed by atoms with E-state index in [1.54, 1.807) is 24.3 Å². The predicted octanol–water partition coefficient (Wildman–Crippen LogP) is 0.983. The van der Waals surface area contributed by atoms with Crippen LogP contribution in [0.1, 0.15) is 5.56 Å². The minimum Gasteiger partial charge on any atom is -0.296 e. The predicted molar refractivity (Wildman–Crippen MR) is 62.3 cm³/mol. The number of rotatable bonds is 3. The third kappa shape index (κ3) is 2.54. The molecule has 6 nitrogen and oxygen atoms in total. The summed E-state index contributed by atoms with van der Waals surface area (Å²) >= 11 is 0. The fraction of sp³-hybridized carbons (Fsp3) is 0.0909. The van der Waals surface area contributed by atoms with Gasteiger partial charge in [0.05, 0.1) is 6.54 Å². The van der Waals surface area contributed by atoms with Crippen LogP contribution in [0.2, 0.25) is 0 Å². The summed E-state index contributed by atoms with van der Waals surface area (Å²) in [4.78, 5) is 34.7. The van der Waals surface area contributed by atoms with Gasteiger partial charge in [-0.15, -0.1) is 4.91 Å². The van der Waals surface area contributed by atoms with Gasteiger partial charge < -0.3 is 0 Å². The molecule has 0 amide bonds. The van der Waals surface area contributed by atoms with Crippen molar-refractivity contribution in [1.29, 1.82) is 0 Å². The van der Waals surface area contributed by atoms with Gasteiger partial charge in [-0.3, -0.25) is 14.3 Å². The Morgan fingerprint density at radius 3 is 2.41 bits per heavy atom. The van der Waals surface area contributed by atoms with E-state index >= 15 is 0 Å². The summed E-state index contributed by atoms with van der Waals surface area (Å²) in [5.41, 5.74) is 0.288. The molecule has 0 aliphatic heterocycles. The second kappa shape index (κ2) is 4.56. The first-order chi connectivity index (χ1) is 8.19. The van der Waals surface area contributed by atoms with Gasteiger partial charge in [-0.05, 0) is 22.9 Å². The molecule has 1 aromatic heterocycles. The molecule has 0 spiro atoms. The van der Waals surface area contributed by atoms with Gasteiger partial charge in [0.25, 0.3) is 5.56 Å². The minimum atomic E-state index is -0.463. The Bertz CT molecular complexity index is 640. The van der Waals surface area contributed by atoms with Crippen LogP contribution < -0.4 is 11.2 Å². The molecule has 86 valence electrons. The van der Waals surface area contributed by atoms with Crippen molar-refractivity contribution < 1.29 is 0 Å². The summed E-state index contributed by atoms with van der Waals surface area (Å²) < 4.78 is 1.37. The van der Waals surface area contributed by atoms with E-state index in [1.807, 2.05) is 0 Å². The van der Waals surface area contributed by atoms with E-state index < -0.39 is 11.2 Å². The summed E-state index contributed by atoms with van der Waals surface area (Å²) in [6.07, 6.45) is 1.42. The number of H-pyrrole nitrogens is 1. The van der Waals surface area contributed by atoms with Gasteiger partial charge in [0.2, 0.25) is 0 Å². The molecule has 0 radical (unpaired) electrons. The number of aromatic amines is 1. The zero-order chi connectivity index (χ0) is 12.3. The van der Waals surface area contributed by atoms with E-state index in [9.17, 15) is 14.5 Å². The zero-order valence-corrected chi connectivity index (χ0v) is 8.79. The topological polar surface area (TPSA) is 84.3 Å². The Morgan fingerprint density at radius 2 is 1.82 bits per heavy atom. The van der Waals surface area contributed by atoms with Gasteiger partial charge in [-0.1, -0.05) is 12.1 Å². The third-order valence-electron chi connectivity index (χ3n) is 2.29. The lowest BCUT2D eigenvalue weighted by atomic mass is 10.2. The molecule has 0 atom stereocenters. The van der Waals surface area contributed by atoms with Gasteiger partial charge in [0.15, 0.2) is 0 Å². The third-order valence-corrected chi connectivity index (χ3v) is 2.29. The average molecular weight is 231 g/mol. The maximum Gasteiger partial charge on any atom is 0.328 e. The molecule has 0 bridgehead atoms. The van der Waals surface area contributed by atoms with Crippen LogP contribution in [0.5, 0.6) is 0 Å². The van der Waals surface area contributed by atoms with Gasteiger partial charge in [-0.25, -0.2) is 4.79 Å². The van der Waals surface area contributed by atoms with Crippen molar-refractivity contribution in [2.45, 2.75) is 6.54 Å². The van der Waals surface area contributed by atoms with Crippen LogP contribution in [-0.4, -0.2) is 9.55 Å². The Hall–Kier alpha value is -2.50. The molecular weight excluding hydrogens is 222 g/mol. The molecule has 1 aromatic carbocycles. The van der Waals surface area contributed by atoms with Crippen molar-refractivity contribution in [1.82, 2.24) is 9.55 Å². The van der Waals surface area contributed by atoms with Gasteiger partial charge >= 0.3 is 5.69 Å². The maximum absolute atomic E-state index is 11.4. The minimum absolute atomic E-state index is 0.328. The Morgan fingerprint density at radius 1 is 1.12 bits per heavy atom. The molecule has 0 fully saturated rings. The number of hydrogen-bond acceptors (Lipinski definition) is 4. The fourth-order valence-corrected chi connectivity index (χ4v) is 1.43. The van der Waals surface area contributed by atoms with E-state index in [1.165, 1.54) is 16.8 Å². The number of aromatic nitrogens is 2. The molecule has 0 saturated carbocycles. The molecular formula is C11H9N3O3. The number of nitroso groups, excluding NO2 is 1. The van der Waals surface area contributed by atoms with Crippen molar-refractivity contribution in [3.05, 3.63) is 67.8 Å². The average Bonchev–Trinajstić information content (AvgIpc) is 2.34. The molecule has 6 heteroatoms. The first kappa shape index (κ1) is 11.0. The van der Waals surface area contributed by atoms with Crippen molar-refractivity contribution in [2.75, 3.05) is 0 Å². The van der Waals surface area contributed by atoms with Crippen molar-refractivity contribution in [3.8, 4) is 0 Å². The smallest absolute Gasteiger partial charge is 0.296 e. The molecule has 0 saturated heterocycles. The molecule has 0 aliphatic rings. The first-order valence-electron chi connectivity index (χ1n) is 4.91. The van der Waals surface area contributed by atoms with Crippen LogP contribution in [-0.2, 0) is 6.54 Å². The molecule has 0 aliphatic carbocycles. The quantitative estimate of drug-likeness (QED) is 0.799. The summed E-state index contributed by atoms with van der Waals surface area (Å²) in [6, 6.07) is 7.82. The second-order valence-corrected chi connectivity index (χ2v) is 3.50. The van der Waals surface area contributed by atoms with E-state index in [2.05, 4.69) is 10.2 Å². The SMILES string of the molecule is O=Nc1ccc(Cn2ccc(=O)[nH]c2=O)cc1. The van der Waals surface area contributed by atoms with Crippen molar-refractivity contribution in [3.63, 3.8) is 0 Å². The summed E-state index contributed by atoms with van der Waals surface area (Å²) in [7, 11) is 0. The summed E-state index contributed by atoms with van der Waals surface area (Å²) in [5.74, 6) is 0. The van der Waals surface area contributed by atoms with E-state index in [0.29, 0.717) is 12.2 Å². The van der Waals surface area contributed by atoms with Crippen LogP contribution in [0, 0.1) is 4.91 Å². The monoisotopic (exact) mass is 231 g/mol. The highest BCUT2D eigenvalue weighted by Crippen LogP contribution is 2.12. The molecule has 2 rings (SSSR count). The second-order valence-electron chi connectivity index (χ2n) is 3.50. The number of hydrogen-bond donors (Lipinski definition) is 1. The number of nitrogens with zero attached hydrogens (tertiary/aromatic N) is 2. The van der Waals surface area contributed by atoms with Crippen molar-refractivity contribution >= 4 is 5.69 Å². The molecule has 1 heterocycles. The zero-order valence-electron chi connectivity index (χ0n) is 8.79. The standard InChI is InChI=1S/C11H9N3O3/c15-10-5-6-14(11(16)12-10)7-8-1-3-9(13-17)4-2-8/h1-6H,7H2,(H,12,15,16). The van der Waals surface area contributed by atoms with Crippen LogP contribution in [0.15, 0.2) is 51.3 Å². The van der Waals surface area contributed by atoms with Crippen LogP contribution in [0.4, 0.5) is 5.69 Å². The maximum atomic E-state index is 11.4. The summed E-state index contributed by atoms with van der Waals surface area (Å²) in [6.45, 7) is 0.328. The molecule has 17 heavy (non-hydrogen) atoms. The highest BCUT2D eigenvalue weighted by atomic mass is 16.3. The van der Waals surface area contributed by atoms with Gasteiger partial charge in [0.1, 0.15) is 5.69 Å². The van der Waals surface area contributed by atoms with E-state index in [4.69, 9.17) is 0 Å². The summed E-state index contributed by atoms with van der Waals surface area (Å²) in [5, 5.41) is 2.78. The normalized spacial score (nSPS) is 10.1. The molecule has 2 aromatic rings. The van der Waals surface area contributed by atoms with E-state index in [-0.39, 0.29) is 0 Å². The molecule has 0 unspecified atom stereocenters. The van der Waals surface area contributed by atoms with Crippen LogP contribution in [0.25, 0.3) is 0 Å².